The molecule has 0 aliphatic heterocycles. The molecule has 1 unspecified atom stereocenters. The summed E-state index contributed by atoms with van der Waals surface area (Å²) in [5.74, 6) is 0.825. The maximum atomic E-state index is 13.8. The number of unbranched alkanes of at least 4 members (excludes halogenated alkanes) is 1. The van der Waals surface area contributed by atoms with Gasteiger partial charge in [0.25, 0.3) is 5.91 Å². The molecule has 6 heteroatoms. The van der Waals surface area contributed by atoms with E-state index in [-0.39, 0.29) is 30.3 Å². The molecule has 0 N–H and O–H groups in total. The van der Waals surface area contributed by atoms with Crippen LogP contribution in [-0.4, -0.2) is 51.9 Å². The first-order valence-corrected chi connectivity index (χ1v) is 14.7. The number of hydrogen-bond acceptors (Lipinski definition) is 3. The van der Waals surface area contributed by atoms with E-state index < -0.39 is 0 Å². The molecule has 0 bridgehead atoms. The van der Waals surface area contributed by atoms with Gasteiger partial charge in [0, 0.05) is 36.6 Å². The third kappa shape index (κ3) is 8.73. The maximum Gasteiger partial charge on any atom is 0.254 e. The minimum absolute atomic E-state index is 0.0356. The van der Waals surface area contributed by atoms with Crippen LogP contribution in [0.5, 0.6) is 5.75 Å². The second-order valence-electron chi connectivity index (χ2n) is 11.1. The van der Waals surface area contributed by atoms with Crippen molar-refractivity contribution in [2.24, 2.45) is 5.92 Å². The minimum atomic E-state index is -0.130. The van der Waals surface area contributed by atoms with Gasteiger partial charge in [-0.2, -0.15) is 0 Å². The summed E-state index contributed by atoms with van der Waals surface area (Å²) in [6.07, 6.45) is 4.97. The van der Waals surface area contributed by atoms with Crippen molar-refractivity contribution in [1.29, 1.82) is 0 Å². The minimum Gasteiger partial charge on any atom is -0.494 e. The van der Waals surface area contributed by atoms with Gasteiger partial charge < -0.3 is 19.1 Å². The highest BCUT2D eigenvalue weighted by atomic mass is 16.5. The Morgan fingerprint density at radius 1 is 0.950 bits per heavy atom. The third-order valence-corrected chi connectivity index (χ3v) is 7.37. The summed E-state index contributed by atoms with van der Waals surface area (Å²) < 4.78 is 7.97. The summed E-state index contributed by atoms with van der Waals surface area (Å²) in [4.78, 5) is 31.0. The van der Waals surface area contributed by atoms with Gasteiger partial charge in [-0.1, -0.05) is 58.4 Å². The number of carbonyl (C=O) groups excluding carboxylic acids is 2. The highest BCUT2D eigenvalue weighted by molar-refractivity contribution is 5.96. The van der Waals surface area contributed by atoms with Crippen LogP contribution in [0.2, 0.25) is 0 Å². The van der Waals surface area contributed by atoms with Crippen molar-refractivity contribution in [3.63, 3.8) is 0 Å². The number of carbonyl (C=O) groups is 2. The molecule has 3 rings (SSSR count). The zero-order valence-corrected chi connectivity index (χ0v) is 25.2. The van der Waals surface area contributed by atoms with Gasteiger partial charge in [0.2, 0.25) is 5.91 Å². The summed E-state index contributed by atoms with van der Waals surface area (Å²) in [5, 5.41) is 0. The Bertz CT molecular complexity index is 1220. The monoisotopic (exact) mass is 545 g/mol. The van der Waals surface area contributed by atoms with E-state index >= 15 is 0 Å². The second kappa shape index (κ2) is 15.3. The van der Waals surface area contributed by atoms with Crippen LogP contribution < -0.4 is 4.74 Å². The molecule has 0 aliphatic carbocycles. The SMILES string of the molecule is CCCCOc1ccc(C(=O)N(CC(=O)N(Cc2cccn2Cc2ccccc2C)C(C)CC)CC(C)C)cc1. The molecule has 0 fully saturated rings. The molecular formula is C34H47N3O3. The highest BCUT2D eigenvalue weighted by Crippen LogP contribution is 2.18. The van der Waals surface area contributed by atoms with Gasteiger partial charge in [0.1, 0.15) is 12.3 Å². The van der Waals surface area contributed by atoms with Gasteiger partial charge >= 0.3 is 0 Å². The van der Waals surface area contributed by atoms with E-state index in [9.17, 15) is 9.59 Å². The summed E-state index contributed by atoms with van der Waals surface area (Å²) in [5.41, 5.74) is 4.16. The Labute approximate surface area is 240 Å². The van der Waals surface area contributed by atoms with Gasteiger partial charge in [-0.3, -0.25) is 9.59 Å². The summed E-state index contributed by atoms with van der Waals surface area (Å²) in [6, 6.07) is 19.8. The zero-order valence-electron chi connectivity index (χ0n) is 25.2. The highest BCUT2D eigenvalue weighted by Gasteiger charge is 2.26. The van der Waals surface area contributed by atoms with E-state index in [1.807, 2.05) is 23.1 Å². The lowest BCUT2D eigenvalue weighted by atomic mass is 10.1. The molecule has 1 heterocycles. The molecule has 40 heavy (non-hydrogen) atoms. The second-order valence-corrected chi connectivity index (χ2v) is 11.1. The normalized spacial score (nSPS) is 11.9. The van der Waals surface area contributed by atoms with E-state index in [0.717, 1.165) is 37.3 Å². The van der Waals surface area contributed by atoms with Gasteiger partial charge in [-0.15, -0.1) is 0 Å². The van der Waals surface area contributed by atoms with Gasteiger partial charge in [0.15, 0.2) is 0 Å². The molecule has 3 aromatic rings. The quantitative estimate of drug-likeness (QED) is 0.194. The maximum absolute atomic E-state index is 13.8. The molecular weight excluding hydrogens is 498 g/mol. The van der Waals surface area contributed by atoms with Crippen LogP contribution in [0.3, 0.4) is 0 Å². The standard InChI is InChI=1S/C34H47N3O3/c1-7-9-21-40-32-18-16-29(17-19-32)34(39)36(22-26(3)4)25-33(38)37(28(6)8-2)24-31-15-12-20-35(31)23-30-14-11-10-13-27(30)5/h10-20,26,28H,7-9,21-25H2,1-6H3. The summed E-state index contributed by atoms with van der Waals surface area (Å²) in [6.45, 7) is 15.1. The molecule has 1 atom stereocenters. The van der Waals surface area contributed by atoms with Crippen LogP contribution in [0, 0.1) is 12.8 Å². The first-order valence-electron chi connectivity index (χ1n) is 14.7. The van der Waals surface area contributed by atoms with Crippen molar-refractivity contribution < 1.29 is 14.3 Å². The van der Waals surface area contributed by atoms with Crippen LogP contribution in [0.4, 0.5) is 0 Å². The van der Waals surface area contributed by atoms with Gasteiger partial charge in [-0.25, -0.2) is 0 Å². The fourth-order valence-corrected chi connectivity index (χ4v) is 4.73. The average molecular weight is 546 g/mol. The Kier molecular flexibility index (Phi) is 11.9. The van der Waals surface area contributed by atoms with Crippen LogP contribution in [0.1, 0.15) is 81.1 Å². The van der Waals surface area contributed by atoms with Crippen LogP contribution in [0.15, 0.2) is 66.9 Å². The lowest BCUT2D eigenvalue weighted by Crippen LogP contribution is -2.47. The van der Waals surface area contributed by atoms with E-state index in [1.54, 1.807) is 17.0 Å². The predicted octanol–water partition coefficient (Wildman–Crippen LogP) is 6.95. The van der Waals surface area contributed by atoms with E-state index in [2.05, 4.69) is 82.6 Å². The van der Waals surface area contributed by atoms with Crippen molar-refractivity contribution in [1.82, 2.24) is 14.4 Å². The lowest BCUT2D eigenvalue weighted by molar-refractivity contribution is -0.134. The first kappa shape index (κ1) is 31.0. The Morgan fingerprint density at radius 2 is 1.68 bits per heavy atom. The summed E-state index contributed by atoms with van der Waals surface area (Å²) in [7, 11) is 0. The molecule has 0 saturated heterocycles. The van der Waals surface area contributed by atoms with Crippen molar-refractivity contribution in [2.75, 3.05) is 19.7 Å². The molecule has 1 aromatic heterocycles. The number of hydrogen-bond donors (Lipinski definition) is 0. The Morgan fingerprint density at radius 3 is 2.33 bits per heavy atom. The van der Waals surface area contributed by atoms with E-state index in [0.29, 0.717) is 25.3 Å². The molecule has 0 saturated carbocycles. The first-order chi connectivity index (χ1) is 19.2. The predicted molar refractivity (Wildman–Crippen MR) is 163 cm³/mol. The molecule has 2 amide bonds. The molecule has 0 spiro atoms. The number of aryl methyl sites for hydroxylation is 1. The van der Waals surface area contributed by atoms with Crippen molar-refractivity contribution in [2.45, 2.75) is 79.9 Å². The number of aromatic nitrogens is 1. The van der Waals surface area contributed by atoms with E-state index in [4.69, 9.17) is 4.74 Å². The van der Waals surface area contributed by atoms with Gasteiger partial charge in [-0.05, 0) is 80.1 Å². The topological polar surface area (TPSA) is 54.8 Å². The van der Waals surface area contributed by atoms with Crippen molar-refractivity contribution in [3.05, 3.63) is 89.2 Å². The smallest absolute Gasteiger partial charge is 0.254 e. The molecule has 0 radical (unpaired) electrons. The average Bonchev–Trinajstić information content (AvgIpc) is 3.38. The largest absolute Gasteiger partial charge is 0.494 e. The van der Waals surface area contributed by atoms with Crippen molar-refractivity contribution in [3.8, 4) is 5.75 Å². The fourth-order valence-electron chi connectivity index (χ4n) is 4.73. The molecule has 216 valence electrons. The fraction of sp³-hybridized carbons (Fsp3) is 0.471. The van der Waals surface area contributed by atoms with Crippen molar-refractivity contribution >= 4 is 11.8 Å². The van der Waals surface area contributed by atoms with Crippen LogP contribution in [0.25, 0.3) is 0 Å². The van der Waals surface area contributed by atoms with Crippen LogP contribution in [-0.2, 0) is 17.9 Å². The Hall–Kier alpha value is -3.54. The number of ether oxygens (including phenoxy) is 1. The summed E-state index contributed by atoms with van der Waals surface area (Å²) >= 11 is 0. The zero-order chi connectivity index (χ0) is 29.1. The molecule has 6 nitrogen and oxygen atoms in total. The number of rotatable bonds is 15. The van der Waals surface area contributed by atoms with E-state index in [1.165, 1.54) is 11.1 Å². The lowest BCUT2D eigenvalue weighted by Gasteiger charge is -2.32. The number of benzene rings is 2. The van der Waals surface area contributed by atoms with Crippen LogP contribution >= 0.6 is 0 Å². The Balaban J connectivity index is 1.76. The molecule has 2 aromatic carbocycles. The third-order valence-electron chi connectivity index (χ3n) is 7.37. The number of amides is 2. The number of nitrogens with zero attached hydrogens (tertiary/aromatic N) is 3. The molecule has 0 aliphatic rings. The van der Waals surface area contributed by atoms with Gasteiger partial charge in [0.05, 0.1) is 13.2 Å².